The average molecular weight is 480 g/mol. The Hall–Kier alpha value is -3.52. The van der Waals surface area contributed by atoms with Gasteiger partial charge in [-0.05, 0) is 60.9 Å². The molecule has 5 rings (SSSR count). The van der Waals surface area contributed by atoms with Crippen LogP contribution < -0.4 is 0 Å². The number of aliphatic carboxylic acids is 1. The van der Waals surface area contributed by atoms with Gasteiger partial charge in [-0.3, -0.25) is 0 Å². The van der Waals surface area contributed by atoms with Gasteiger partial charge < -0.3 is 19.0 Å². The molecule has 1 aliphatic carbocycles. The topological polar surface area (TPSA) is 69.3 Å². The Balaban J connectivity index is 1.67. The molecule has 2 aromatic heterocycles. The number of benzene rings is 2. The second kappa shape index (κ2) is 8.92. The minimum Gasteiger partial charge on any atom is -0.478 e. The normalized spacial score (nSPS) is 15.3. The lowest BCUT2D eigenvalue weighted by atomic mass is 9.92. The summed E-state index contributed by atoms with van der Waals surface area (Å²) in [6.07, 6.45) is 2.64. The Bertz CT molecular complexity index is 1470. The van der Waals surface area contributed by atoms with E-state index in [4.69, 9.17) is 14.8 Å². The number of ether oxygens (including phenoxy) is 1. The first kappa shape index (κ1) is 23.2. The van der Waals surface area contributed by atoms with Crippen molar-refractivity contribution in [2.24, 2.45) is 0 Å². The average Bonchev–Trinajstić information content (AvgIpc) is 3.34. The molecule has 0 atom stereocenters. The van der Waals surface area contributed by atoms with Gasteiger partial charge in [0.15, 0.2) is 0 Å². The molecule has 1 aliphatic rings. The van der Waals surface area contributed by atoms with E-state index in [-0.39, 0.29) is 12.8 Å². The molecule has 0 bridgehead atoms. The van der Waals surface area contributed by atoms with E-state index in [1.54, 1.807) is 7.11 Å². The Morgan fingerprint density at radius 1 is 1.20 bits per heavy atom. The molecule has 0 spiro atoms. The number of methoxy groups -OCH3 is 1. The van der Waals surface area contributed by atoms with Gasteiger partial charge in [0.05, 0.1) is 17.6 Å². The minimum atomic E-state index is -2.69. The molecule has 2 heterocycles. The lowest BCUT2D eigenvalue weighted by molar-refractivity contribution is -0.131. The second-order valence-corrected chi connectivity index (χ2v) is 8.93. The Kier molecular flexibility index (Phi) is 5.92. The number of carboxylic acid groups (broad SMARTS) is 1. The third kappa shape index (κ3) is 4.23. The van der Waals surface area contributed by atoms with Crippen molar-refractivity contribution in [2.75, 3.05) is 13.7 Å². The Morgan fingerprint density at radius 3 is 2.74 bits per heavy atom. The predicted molar refractivity (Wildman–Crippen MR) is 132 cm³/mol. The fraction of sp³-hybridized carbons (Fsp3) is 0.333. The lowest BCUT2D eigenvalue weighted by Crippen LogP contribution is -2.26. The lowest BCUT2D eigenvalue weighted by Gasteiger charge is -2.23. The van der Waals surface area contributed by atoms with E-state index in [1.807, 2.05) is 43.3 Å². The standard InChI is InChI=1S/C27H27F2N3O3/c1-3-31-22-8-6-18(15-19(22)20-16-27(28,29)11-10-23(20)31)26-30-21-14-17(5-9-25(33)34)4-7-24(21)32(26)12-13-35-2/h4-9,14-15H,3,10-13,16H2,1-2H3,(H,33,34)/b9-5+. The van der Waals surface area contributed by atoms with Gasteiger partial charge in [0.2, 0.25) is 0 Å². The zero-order valence-corrected chi connectivity index (χ0v) is 19.7. The van der Waals surface area contributed by atoms with Crippen molar-refractivity contribution in [1.29, 1.82) is 0 Å². The van der Waals surface area contributed by atoms with Gasteiger partial charge in [-0.25, -0.2) is 18.6 Å². The number of hydrogen-bond donors (Lipinski definition) is 1. The molecule has 35 heavy (non-hydrogen) atoms. The van der Waals surface area contributed by atoms with Gasteiger partial charge in [-0.15, -0.1) is 0 Å². The SMILES string of the molecule is CCn1c2c(c3cc(-c4nc5cc(/C=C/C(=O)O)ccc5n4CCOC)ccc31)CC(F)(F)CC2. The smallest absolute Gasteiger partial charge is 0.328 e. The molecule has 0 unspecified atom stereocenters. The summed E-state index contributed by atoms with van der Waals surface area (Å²) in [5.41, 5.74) is 5.91. The zero-order chi connectivity index (χ0) is 24.7. The predicted octanol–water partition coefficient (Wildman–Crippen LogP) is 5.55. The van der Waals surface area contributed by atoms with E-state index >= 15 is 0 Å². The molecule has 0 saturated heterocycles. The monoisotopic (exact) mass is 479 g/mol. The number of hydrogen-bond acceptors (Lipinski definition) is 3. The van der Waals surface area contributed by atoms with Crippen molar-refractivity contribution >= 4 is 34.0 Å². The van der Waals surface area contributed by atoms with E-state index in [2.05, 4.69) is 9.13 Å². The number of alkyl halides is 2. The third-order valence-electron chi connectivity index (χ3n) is 6.73. The van der Waals surface area contributed by atoms with Crippen LogP contribution in [0.25, 0.3) is 39.4 Å². The van der Waals surface area contributed by atoms with Gasteiger partial charge >= 0.3 is 5.97 Å². The number of nitrogens with zero attached hydrogens (tertiary/aromatic N) is 3. The molecule has 0 saturated carbocycles. The summed E-state index contributed by atoms with van der Waals surface area (Å²) in [7, 11) is 1.64. The molecule has 2 aromatic carbocycles. The van der Waals surface area contributed by atoms with Crippen LogP contribution in [0.3, 0.4) is 0 Å². The molecule has 8 heteroatoms. The van der Waals surface area contributed by atoms with Crippen LogP contribution in [0.5, 0.6) is 0 Å². The summed E-state index contributed by atoms with van der Waals surface area (Å²) < 4.78 is 38.2. The van der Waals surface area contributed by atoms with Crippen LogP contribution in [0, 0.1) is 0 Å². The van der Waals surface area contributed by atoms with Crippen LogP contribution in [0.2, 0.25) is 0 Å². The van der Waals surface area contributed by atoms with Gasteiger partial charge in [-0.1, -0.05) is 6.07 Å². The van der Waals surface area contributed by atoms with Crippen LogP contribution in [0.15, 0.2) is 42.5 Å². The van der Waals surface area contributed by atoms with E-state index in [1.165, 1.54) is 6.08 Å². The summed E-state index contributed by atoms with van der Waals surface area (Å²) in [5.74, 6) is -2.99. The summed E-state index contributed by atoms with van der Waals surface area (Å²) in [6, 6.07) is 11.6. The number of aromatic nitrogens is 3. The molecule has 4 aromatic rings. The molecule has 0 aliphatic heterocycles. The van der Waals surface area contributed by atoms with Crippen molar-refractivity contribution in [1.82, 2.24) is 14.1 Å². The largest absolute Gasteiger partial charge is 0.478 e. The van der Waals surface area contributed by atoms with E-state index < -0.39 is 11.9 Å². The third-order valence-corrected chi connectivity index (χ3v) is 6.73. The first-order valence-electron chi connectivity index (χ1n) is 11.7. The minimum absolute atomic E-state index is 0.116. The molecule has 6 nitrogen and oxygen atoms in total. The van der Waals surface area contributed by atoms with Gasteiger partial charge in [0, 0.05) is 61.3 Å². The molecule has 0 radical (unpaired) electrons. The number of fused-ring (bicyclic) bond motifs is 4. The highest BCUT2D eigenvalue weighted by Gasteiger charge is 2.37. The van der Waals surface area contributed by atoms with Crippen LogP contribution in [0.1, 0.15) is 30.2 Å². The Morgan fingerprint density at radius 2 is 2.00 bits per heavy atom. The Labute approximate surface area is 201 Å². The second-order valence-electron chi connectivity index (χ2n) is 8.93. The van der Waals surface area contributed by atoms with E-state index in [0.29, 0.717) is 19.6 Å². The van der Waals surface area contributed by atoms with Crippen molar-refractivity contribution in [3.05, 3.63) is 59.3 Å². The van der Waals surface area contributed by atoms with Crippen molar-refractivity contribution in [2.45, 2.75) is 45.2 Å². The first-order valence-corrected chi connectivity index (χ1v) is 11.7. The highest BCUT2D eigenvalue weighted by Crippen LogP contribution is 2.40. The maximum atomic E-state index is 14.4. The van der Waals surface area contributed by atoms with Gasteiger partial charge in [-0.2, -0.15) is 0 Å². The maximum absolute atomic E-state index is 14.4. The van der Waals surface area contributed by atoms with E-state index in [0.717, 1.165) is 62.8 Å². The molecule has 0 amide bonds. The highest BCUT2D eigenvalue weighted by atomic mass is 19.3. The van der Waals surface area contributed by atoms with Gasteiger partial charge in [0.25, 0.3) is 5.92 Å². The van der Waals surface area contributed by atoms with Crippen LogP contribution in [-0.2, 0) is 35.5 Å². The number of halogens is 2. The first-order chi connectivity index (χ1) is 16.8. The quantitative estimate of drug-likeness (QED) is 0.353. The molecular weight excluding hydrogens is 452 g/mol. The summed E-state index contributed by atoms with van der Waals surface area (Å²) in [4.78, 5) is 15.8. The number of carboxylic acids is 1. The molecule has 1 N–H and O–H groups in total. The van der Waals surface area contributed by atoms with Crippen LogP contribution >= 0.6 is 0 Å². The molecule has 0 fully saturated rings. The van der Waals surface area contributed by atoms with E-state index in [9.17, 15) is 13.6 Å². The van der Waals surface area contributed by atoms with Crippen molar-refractivity contribution in [3.8, 4) is 11.4 Å². The number of aryl methyl sites for hydroxylation is 1. The fourth-order valence-corrected chi connectivity index (χ4v) is 5.16. The summed E-state index contributed by atoms with van der Waals surface area (Å²) in [6.45, 7) is 3.82. The summed E-state index contributed by atoms with van der Waals surface area (Å²) >= 11 is 0. The van der Waals surface area contributed by atoms with Crippen LogP contribution in [0.4, 0.5) is 8.78 Å². The van der Waals surface area contributed by atoms with Crippen molar-refractivity contribution in [3.63, 3.8) is 0 Å². The number of carbonyl (C=O) groups is 1. The van der Waals surface area contributed by atoms with Crippen LogP contribution in [-0.4, -0.2) is 44.8 Å². The number of rotatable bonds is 7. The maximum Gasteiger partial charge on any atom is 0.328 e. The zero-order valence-electron chi connectivity index (χ0n) is 19.7. The number of imidazole rings is 1. The highest BCUT2D eigenvalue weighted by molar-refractivity contribution is 5.91. The van der Waals surface area contributed by atoms with Crippen molar-refractivity contribution < 1.29 is 23.4 Å². The fourth-order valence-electron chi connectivity index (χ4n) is 5.16. The summed E-state index contributed by atoms with van der Waals surface area (Å²) in [5, 5.41) is 9.79. The van der Waals surface area contributed by atoms with Gasteiger partial charge in [0.1, 0.15) is 5.82 Å². The molecular formula is C27H27F2N3O3. The molecule has 182 valence electrons.